The molecule has 2 aliphatic heterocycles. The van der Waals surface area contributed by atoms with Gasteiger partial charge in [0, 0.05) is 28.9 Å². The van der Waals surface area contributed by atoms with Crippen LogP contribution < -0.4 is 10.1 Å². The van der Waals surface area contributed by atoms with E-state index in [1.807, 2.05) is 29.6 Å². The van der Waals surface area contributed by atoms with Gasteiger partial charge in [-0.1, -0.05) is 32.0 Å². The molecule has 1 N–H and O–H groups in total. The van der Waals surface area contributed by atoms with Gasteiger partial charge >= 0.3 is 0 Å². The van der Waals surface area contributed by atoms with Gasteiger partial charge in [-0.25, -0.2) is 0 Å². The van der Waals surface area contributed by atoms with Crippen molar-refractivity contribution < 1.29 is 14.3 Å². The molecule has 4 rings (SSSR count). The van der Waals surface area contributed by atoms with Gasteiger partial charge in [0.15, 0.2) is 0 Å². The number of fused-ring (bicyclic) bond motifs is 1. The molecule has 0 radical (unpaired) electrons. The third-order valence-electron chi connectivity index (χ3n) is 4.84. The summed E-state index contributed by atoms with van der Waals surface area (Å²) in [5.74, 6) is 0.382. The second kappa shape index (κ2) is 5.88. The Hall–Kier alpha value is -2.34. The fourth-order valence-corrected chi connectivity index (χ4v) is 4.33. The van der Waals surface area contributed by atoms with Crippen LogP contribution in [0, 0.1) is 0 Å². The highest BCUT2D eigenvalue weighted by molar-refractivity contribution is 7.10. The van der Waals surface area contributed by atoms with Gasteiger partial charge in [-0.2, -0.15) is 0 Å². The van der Waals surface area contributed by atoms with Crippen molar-refractivity contribution in [2.24, 2.45) is 0 Å². The van der Waals surface area contributed by atoms with E-state index in [0.29, 0.717) is 31.0 Å². The number of nitrogens with zero attached hydrogens (tertiary/aromatic N) is 1. The SMILES string of the molecule is CC1(C)COc2c(C(=O)N3CCNC(=O)C3c3cccs3)cccc21. The average molecular weight is 356 g/mol. The summed E-state index contributed by atoms with van der Waals surface area (Å²) in [6.45, 7) is 5.72. The number of hydrogen-bond acceptors (Lipinski definition) is 4. The number of nitrogens with one attached hydrogen (secondary N) is 1. The molecule has 0 spiro atoms. The van der Waals surface area contributed by atoms with Crippen LogP contribution in [0.5, 0.6) is 5.75 Å². The predicted molar refractivity (Wildman–Crippen MR) is 96.1 cm³/mol. The van der Waals surface area contributed by atoms with Crippen LogP contribution in [0.15, 0.2) is 35.7 Å². The van der Waals surface area contributed by atoms with E-state index >= 15 is 0 Å². The first kappa shape index (κ1) is 16.1. The molecule has 6 heteroatoms. The minimum atomic E-state index is -0.577. The molecule has 1 saturated heterocycles. The fourth-order valence-electron chi connectivity index (χ4n) is 3.49. The Balaban J connectivity index is 1.73. The Bertz CT molecular complexity index is 829. The molecule has 1 atom stereocenters. The maximum absolute atomic E-state index is 13.3. The molecule has 1 aromatic heterocycles. The average Bonchev–Trinajstić information content (AvgIpc) is 3.22. The molecule has 1 aromatic carbocycles. The first-order valence-corrected chi connectivity index (χ1v) is 9.25. The van der Waals surface area contributed by atoms with Crippen molar-refractivity contribution in [2.75, 3.05) is 19.7 Å². The molecular formula is C19H20N2O3S. The largest absolute Gasteiger partial charge is 0.492 e. The van der Waals surface area contributed by atoms with E-state index in [4.69, 9.17) is 4.74 Å². The fraction of sp³-hybridized carbons (Fsp3) is 0.368. The molecule has 0 bridgehead atoms. The molecule has 25 heavy (non-hydrogen) atoms. The normalized spacial score (nSPS) is 21.4. The lowest BCUT2D eigenvalue weighted by Gasteiger charge is -2.34. The highest BCUT2D eigenvalue weighted by Gasteiger charge is 2.39. The highest BCUT2D eigenvalue weighted by atomic mass is 32.1. The molecule has 1 unspecified atom stereocenters. The van der Waals surface area contributed by atoms with Crippen molar-refractivity contribution in [2.45, 2.75) is 25.3 Å². The highest BCUT2D eigenvalue weighted by Crippen LogP contribution is 2.41. The predicted octanol–water partition coefficient (Wildman–Crippen LogP) is 2.73. The maximum Gasteiger partial charge on any atom is 0.258 e. The quantitative estimate of drug-likeness (QED) is 0.900. The zero-order valence-electron chi connectivity index (χ0n) is 14.2. The molecule has 3 heterocycles. The number of para-hydroxylation sites is 1. The van der Waals surface area contributed by atoms with Gasteiger partial charge in [0.2, 0.25) is 5.91 Å². The summed E-state index contributed by atoms with van der Waals surface area (Å²) in [5, 5.41) is 4.79. The summed E-state index contributed by atoms with van der Waals surface area (Å²) in [4.78, 5) is 28.3. The molecule has 5 nitrogen and oxygen atoms in total. The van der Waals surface area contributed by atoms with Crippen molar-refractivity contribution in [1.82, 2.24) is 10.2 Å². The van der Waals surface area contributed by atoms with Crippen LogP contribution in [0.4, 0.5) is 0 Å². The van der Waals surface area contributed by atoms with Crippen molar-refractivity contribution >= 4 is 23.2 Å². The minimum absolute atomic E-state index is 0.113. The number of benzene rings is 1. The number of ether oxygens (including phenoxy) is 1. The number of thiophene rings is 1. The maximum atomic E-state index is 13.3. The lowest BCUT2D eigenvalue weighted by Crippen LogP contribution is -2.52. The Morgan fingerprint density at radius 3 is 2.92 bits per heavy atom. The minimum Gasteiger partial charge on any atom is -0.492 e. The summed E-state index contributed by atoms with van der Waals surface area (Å²) in [6.07, 6.45) is 0. The van der Waals surface area contributed by atoms with Gasteiger partial charge in [-0.15, -0.1) is 11.3 Å². The van der Waals surface area contributed by atoms with Crippen LogP contribution in [0.1, 0.15) is 40.7 Å². The Morgan fingerprint density at radius 2 is 2.16 bits per heavy atom. The van der Waals surface area contributed by atoms with Crippen LogP contribution in [-0.2, 0) is 10.2 Å². The van der Waals surface area contributed by atoms with Gasteiger partial charge in [-0.3, -0.25) is 9.59 Å². The van der Waals surface area contributed by atoms with Gasteiger partial charge in [0.25, 0.3) is 5.91 Å². The zero-order valence-corrected chi connectivity index (χ0v) is 15.1. The van der Waals surface area contributed by atoms with Gasteiger partial charge in [0.1, 0.15) is 11.8 Å². The second-order valence-electron chi connectivity index (χ2n) is 7.06. The number of amides is 2. The van der Waals surface area contributed by atoms with Gasteiger partial charge in [-0.05, 0) is 17.5 Å². The number of hydrogen-bond donors (Lipinski definition) is 1. The number of carbonyl (C=O) groups is 2. The van der Waals surface area contributed by atoms with E-state index in [-0.39, 0.29) is 17.2 Å². The van der Waals surface area contributed by atoms with Crippen molar-refractivity contribution in [1.29, 1.82) is 0 Å². The Kier molecular flexibility index (Phi) is 3.80. The van der Waals surface area contributed by atoms with Crippen LogP contribution in [0.25, 0.3) is 0 Å². The summed E-state index contributed by atoms with van der Waals surface area (Å²) in [5.41, 5.74) is 1.48. The van der Waals surface area contributed by atoms with Crippen LogP contribution in [0.3, 0.4) is 0 Å². The van der Waals surface area contributed by atoms with Crippen LogP contribution in [0.2, 0.25) is 0 Å². The third kappa shape index (κ3) is 2.61. The topological polar surface area (TPSA) is 58.6 Å². The zero-order chi connectivity index (χ0) is 17.6. The van der Waals surface area contributed by atoms with Gasteiger partial charge < -0.3 is 15.0 Å². The van der Waals surface area contributed by atoms with Crippen molar-refractivity contribution in [3.8, 4) is 5.75 Å². The second-order valence-corrected chi connectivity index (χ2v) is 8.04. The lowest BCUT2D eigenvalue weighted by atomic mass is 9.86. The van der Waals surface area contributed by atoms with E-state index in [9.17, 15) is 9.59 Å². The summed E-state index contributed by atoms with van der Waals surface area (Å²) < 4.78 is 5.86. The van der Waals surface area contributed by atoms with Crippen LogP contribution in [-0.4, -0.2) is 36.4 Å². The van der Waals surface area contributed by atoms with E-state index in [1.165, 1.54) is 11.3 Å². The molecule has 2 amide bonds. The molecule has 2 aromatic rings. The van der Waals surface area contributed by atoms with E-state index in [1.54, 1.807) is 11.0 Å². The number of rotatable bonds is 2. The van der Waals surface area contributed by atoms with E-state index in [2.05, 4.69) is 19.2 Å². The monoisotopic (exact) mass is 356 g/mol. The van der Waals surface area contributed by atoms with Crippen molar-refractivity contribution in [3.05, 3.63) is 51.7 Å². The molecule has 130 valence electrons. The molecule has 2 aliphatic rings. The molecular weight excluding hydrogens is 336 g/mol. The smallest absolute Gasteiger partial charge is 0.258 e. The molecule has 1 fully saturated rings. The first-order chi connectivity index (χ1) is 12.0. The van der Waals surface area contributed by atoms with Crippen molar-refractivity contribution in [3.63, 3.8) is 0 Å². The summed E-state index contributed by atoms with van der Waals surface area (Å²) in [7, 11) is 0. The van der Waals surface area contributed by atoms with Crippen LogP contribution >= 0.6 is 11.3 Å². The first-order valence-electron chi connectivity index (χ1n) is 8.37. The molecule has 0 saturated carbocycles. The Morgan fingerprint density at radius 1 is 1.32 bits per heavy atom. The lowest BCUT2D eigenvalue weighted by molar-refractivity contribution is -0.127. The standard InChI is InChI=1S/C19H20N2O3S/c1-19(2)11-24-16-12(5-3-6-13(16)19)18(23)21-9-8-20-17(22)15(21)14-7-4-10-25-14/h3-7,10,15H,8-9,11H2,1-2H3,(H,20,22). The van der Waals surface area contributed by atoms with Gasteiger partial charge in [0.05, 0.1) is 12.2 Å². The third-order valence-corrected chi connectivity index (χ3v) is 5.76. The number of carbonyl (C=O) groups excluding carboxylic acids is 2. The number of piperazine rings is 1. The van der Waals surface area contributed by atoms with E-state index < -0.39 is 6.04 Å². The Labute approximate surface area is 150 Å². The van der Waals surface area contributed by atoms with E-state index in [0.717, 1.165) is 10.4 Å². The summed E-state index contributed by atoms with van der Waals surface area (Å²) in [6, 6.07) is 8.92. The molecule has 0 aliphatic carbocycles. The summed E-state index contributed by atoms with van der Waals surface area (Å²) >= 11 is 1.49.